The fraction of sp³-hybridized carbons (Fsp3) is 0.571. The number of rotatable bonds is 2. The number of hydrogen-bond donors (Lipinski definition) is 1. The second kappa shape index (κ2) is 5.35. The standard InChI is InChI=1S/C14H20N2O3S/c15-11-5-7-12(8-6-11)20(17,18)16-9-10-19-14-4-2-1-3-13(14)16/h5-8,13-14H,1-4,9-10,15H2. The Labute approximate surface area is 119 Å². The molecule has 1 heterocycles. The van der Waals surface area contributed by atoms with Gasteiger partial charge in [-0.1, -0.05) is 12.8 Å². The van der Waals surface area contributed by atoms with E-state index in [2.05, 4.69) is 0 Å². The second-order valence-electron chi connectivity index (χ2n) is 5.45. The van der Waals surface area contributed by atoms with E-state index in [4.69, 9.17) is 10.5 Å². The SMILES string of the molecule is Nc1ccc(S(=O)(=O)N2CCOC3CCCCC32)cc1. The van der Waals surface area contributed by atoms with E-state index in [1.54, 1.807) is 28.6 Å². The summed E-state index contributed by atoms with van der Waals surface area (Å²) in [6.45, 7) is 0.920. The quantitative estimate of drug-likeness (QED) is 0.841. The first-order valence-corrected chi connectivity index (χ1v) is 8.52. The molecule has 1 saturated carbocycles. The van der Waals surface area contributed by atoms with Crippen LogP contribution in [0.4, 0.5) is 5.69 Å². The number of nitrogens with zero attached hydrogens (tertiary/aromatic N) is 1. The van der Waals surface area contributed by atoms with Crippen molar-refractivity contribution >= 4 is 15.7 Å². The van der Waals surface area contributed by atoms with Crippen LogP contribution >= 0.6 is 0 Å². The summed E-state index contributed by atoms with van der Waals surface area (Å²) < 4.78 is 32.9. The molecule has 110 valence electrons. The third kappa shape index (κ3) is 2.43. The molecular formula is C14H20N2O3S. The summed E-state index contributed by atoms with van der Waals surface area (Å²) in [5.74, 6) is 0. The fourth-order valence-electron chi connectivity index (χ4n) is 3.13. The molecule has 1 aliphatic carbocycles. The Balaban J connectivity index is 1.91. The van der Waals surface area contributed by atoms with Crippen LogP contribution in [-0.4, -0.2) is 38.0 Å². The molecule has 0 spiro atoms. The monoisotopic (exact) mass is 296 g/mol. The Morgan fingerprint density at radius 1 is 1.15 bits per heavy atom. The smallest absolute Gasteiger partial charge is 0.243 e. The molecule has 2 unspecified atom stereocenters. The van der Waals surface area contributed by atoms with Crippen molar-refractivity contribution < 1.29 is 13.2 Å². The van der Waals surface area contributed by atoms with E-state index in [9.17, 15) is 8.42 Å². The third-order valence-corrected chi connectivity index (χ3v) is 6.11. The van der Waals surface area contributed by atoms with Crippen LogP contribution in [0.5, 0.6) is 0 Å². The van der Waals surface area contributed by atoms with E-state index in [0.29, 0.717) is 23.7 Å². The first-order valence-electron chi connectivity index (χ1n) is 7.08. The first-order chi connectivity index (χ1) is 9.59. The lowest BCUT2D eigenvalue weighted by atomic mass is 9.91. The molecule has 0 aromatic heterocycles. The van der Waals surface area contributed by atoms with Gasteiger partial charge in [0.05, 0.1) is 23.6 Å². The highest BCUT2D eigenvalue weighted by Gasteiger charge is 2.40. The van der Waals surface area contributed by atoms with Gasteiger partial charge in [0.25, 0.3) is 0 Å². The van der Waals surface area contributed by atoms with E-state index < -0.39 is 10.0 Å². The van der Waals surface area contributed by atoms with Crippen molar-refractivity contribution in [3.63, 3.8) is 0 Å². The number of anilines is 1. The molecule has 2 N–H and O–H groups in total. The first kappa shape index (κ1) is 13.9. The van der Waals surface area contributed by atoms with Gasteiger partial charge in [-0.3, -0.25) is 0 Å². The molecular weight excluding hydrogens is 276 g/mol. The van der Waals surface area contributed by atoms with Gasteiger partial charge in [0.1, 0.15) is 0 Å². The number of morpholine rings is 1. The summed E-state index contributed by atoms with van der Waals surface area (Å²) in [6, 6.07) is 6.41. The van der Waals surface area contributed by atoms with Gasteiger partial charge in [0, 0.05) is 12.2 Å². The number of ether oxygens (including phenoxy) is 1. The van der Waals surface area contributed by atoms with Crippen molar-refractivity contribution in [3.05, 3.63) is 24.3 Å². The number of hydrogen-bond acceptors (Lipinski definition) is 4. The van der Waals surface area contributed by atoms with E-state index in [1.165, 1.54) is 0 Å². The number of sulfonamides is 1. The topological polar surface area (TPSA) is 72.6 Å². The largest absolute Gasteiger partial charge is 0.399 e. The Kier molecular flexibility index (Phi) is 3.70. The highest BCUT2D eigenvalue weighted by molar-refractivity contribution is 7.89. The Morgan fingerprint density at radius 2 is 1.85 bits per heavy atom. The van der Waals surface area contributed by atoms with Gasteiger partial charge in [-0.05, 0) is 37.1 Å². The molecule has 5 nitrogen and oxygen atoms in total. The average molecular weight is 296 g/mol. The zero-order chi connectivity index (χ0) is 14.2. The van der Waals surface area contributed by atoms with Crippen molar-refractivity contribution in [2.75, 3.05) is 18.9 Å². The predicted octanol–water partition coefficient (Wildman–Crippen LogP) is 1.60. The molecule has 0 radical (unpaired) electrons. The van der Waals surface area contributed by atoms with E-state index in [1.807, 2.05) is 0 Å². The number of fused-ring (bicyclic) bond motifs is 1. The van der Waals surface area contributed by atoms with Crippen molar-refractivity contribution in [2.24, 2.45) is 0 Å². The van der Waals surface area contributed by atoms with Crippen LogP contribution in [0.3, 0.4) is 0 Å². The summed E-state index contributed by atoms with van der Waals surface area (Å²) in [6.07, 6.45) is 4.09. The molecule has 2 aliphatic rings. The summed E-state index contributed by atoms with van der Waals surface area (Å²) in [5, 5.41) is 0. The van der Waals surface area contributed by atoms with Crippen molar-refractivity contribution in [3.8, 4) is 0 Å². The predicted molar refractivity (Wildman–Crippen MR) is 76.7 cm³/mol. The third-order valence-electron chi connectivity index (χ3n) is 4.17. The van der Waals surface area contributed by atoms with Crippen LogP contribution in [0.25, 0.3) is 0 Å². The van der Waals surface area contributed by atoms with Gasteiger partial charge in [0.15, 0.2) is 0 Å². The number of benzene rings is 1. The van der Waals surface area contributed by atoms with Crippen LogP contribution < -0.4 is 5.73 Å². The van der Waals surface area contributed by atoms with Gasteiger partial charge in [-0.15, -0.1) is 0 Å². The second-order valence-corrected chi connectivity index (χ2v) is 7.34. The molecule has 1 aromatic rings. The molecule has 0 bridgehead atoms. The zero-order valence-electron chi connectivity index (χ0n) is 11.4. The Bertz CT molecular complexity index is 569. The number of nitrogens with two attached hydrogens (primary N) is 1. The molecule has 1 aromatic carbocycles. The molecule has 0 amide bonds. The Morgan fingerprint density at radius 3 is 2.60 bits per heavy atom. The van der Waals surface area contributed by atoms with Crippen LogP contribution in [0.15, 0.2) is 29.2 Å². The normalized spacial score (nSPS) is 28.0. The van der Waals surface area contributed by atoms with Crippen LogP contribution in [0.2, 0.25) is 0 Å². The van der Waals surface area contributed by atoms with Crippen molar-refractivity contribution in [1.29, 1.82) is 0 Å². The summed E-state index contributed by atoms with van der Waals surface area (Å²) in [5.41, 5.74) is 6.20. The van der Waals surface area contributed by atoms with Crippen LogP contribution in [-0.2, 0) is 14.8 Å². The minimum atomic E-state index is -3.45. The van der Waals surface area contributed by atoms with Gasteiger partial charge < -0.3 is 10.5 Å². The lowest BCUT2D eigenvalue weighted by Gasteiger charge is -2.42. The molecule has 2 atom stereocenters. The van der Waals surface area contributed by atoms with Crippen LogP contribution in [0.1, 0.15) is 25.7 Å². The van der Waals surface area contributed by atoms with Crippen molar-refractivity contribution in [2.45, 2.75) is 42.7 Å². The maximum atomic E-state index is 12.8. The average Bonchev–Trinajstić information content (AvgIpc) is 2.47. The van der Waals surface area contributed by atoms with Gasteiger partial charge in [0.2, 0.25) is 10.0 Å². The molecule has 6 heteroatoms. The minimum absolute atomic E-state index is 0.0138. The molecule has 20 heavy (non-hydrogen) atoms. The molecule has 1 saturated heterocycles. The van der Waals surface area contributed by atoms with E-state index in [-0.39, 0.29) is 12.1 Å². The highest BCUT2D eigenvalue weighted by Crippen LogP contribution is 2.32. The lowest BCUT2D eigenvalue weighted by Crippen LogP contribution is -2.54. The van der Waals surface area contributed by atoms with Crippen LogP contribution in [0, 0.1) is 0 Å². The maximum Gasteiger partial charge on any atom is 0.243 e. The summed E-state index contributed by atoms with van der Waals surface area (Å²) in [4.78, 5) is 0.318. The Hall–Kier alpha value is -1.11. The fourth-order valence-corrected chi connectivity index (χ4v) is 4.80. The summed E-state index contributed by atoms with van der Waals surface area (Å²) >= 11 is 0. The van der Waals surface area contributed by atoms with E-state index >= 15 is 0 Å². The van der Waals surface area contributed by atoms with E-state index in [0.717, 1.165) is 25.7 Å². The van der Waals surface area contributed by atoms with Gasteiger partial charge >= 0.3 is 0 Å². The van der Waals surface area contributed by atoms with Crippen molar-refractivity contribution in [1.82, 2.24) is 4.31 Å². The minimum Gasteiger partial charge on any atom is -0.399 e. The highest BCUT2D eigenvalue weighted by atomic mass is 32.2. The molecule has 2 fully saturated rings. The van der Waals surface area contributed by atoms with Gasteiger partial charge in [-0.2, -0.15) is 4.31 Å². The lowest BCUT2D eigenvalue weighted by molar-refractivity contribution is -0.0586. The zero-order valence-corrected chi connectivity index (χ0v) is 12.2. The molecule has 3 rings (SSSR count). The maximum absolute atomic E-state index is 12.8. The van der Waals surface area contributed by atoms with Gasteiger partial charge in [-0.25, -0.2) is 8.42 Å². The molecule has 1 aliphatic heterocycles. The number of nitrogen functional groups attached to an aromatic ring is 1. The summed E-state index contributed by atoms with van der Waals surface area (Å²) in [7, 11) is -3.45.